The van der Waals surface area contributed by atoms with Crippen LogP contribution in [0.15, 0.2) is 297 Å². The van der Waals surface area contributed by atoms with Gasteiger partial charge in [0.2, 0.25) is 0 Å². The van der Waals surface area contributed by atoms with Gasteiger partial charge >= 0.3 is 0 Å². The average Bonchev–Trinajstić information content (AvgIpc) is 1.12. The first kappa shape index (κ1) is 49.6. The number of fused-ring (bicyclic) bond motifs is 7. The van der Waals surface area contributed by atoms with E-state index in [1.54, 1.807) is 29.2 Å². The number of aromatic nitrogens is 1. The molecule has 3 heterocycles. The molecule has 2 aliphatic heterocycles. The first-order valence-corrected chi connectivity index (χ1v) is 34.2. The van der Waals surface area contributed by atoms with Crippen molar-refractivity contribution in [3.8, 4) is 50.2 Å². The number of hydrogen-bond acceptors (Lipinski definition) is 3. The van der Waals surface area contributed by atoms with Gasteiger partial charge < -0.3 is 19.3 Å². The van der Waals surface area contributed by atoms with Crippen molar-refractivity contribution in [2.45, 2.75) is 105 Å². The zero-order valence-electron chi connectivity index (χ0n) is 71.2. The molecule has 13 aromatic carbocycles. The van der Waals surface area contributed by atoms with Crippen molar-refractivity contribution in [1.82, 2.24) is 4.57 Å². The third-order valence-corrected chi connectivity index (χ3v) is 19.9. The highest BCUT2D eigenvalue weighted by molar-refractivity contribution is 7.00. The van der Waals surface area contributed by atoms with Crippen LogP contribution in [0.5, 0.6) is 0 Å². The molecule has 4 nitrogen and oxygen atoms in total. The summed E-state index contributed by atoms with van der Waals surface area (Å²) in [6, 6.07) is 70.2. The molecule has 0 N–H and O–H groups in total. The second-order valence-electron chi connectivity index (χ2n) is 30.6. The smallest absolute Gasteiger partial charge is 0.252 e. The molecule has 0 saturated carbocycles. The minimum atomic E-state index is -0.576. The quantitative estimate of drug-likeness (QED) is 0.127. The van der Waals surface area contributed by atoms with Gasteiger partial charge in [0.15, 0.2) is 0 Å². The third-order valence-electron chi connectivity index (χ3n) is 19.9. The van der Waals surface area contributed by atoms with Crippen LogP contribution < -0.4 is 31.1 Å². The zero-order chi connectivity index (χ0) is 79.6. The highest BCUT2D eigenvalue weighted by atomic mass is 15.2. The number of anilines is 9. The summed E-state index contributed by atoms with van der Waals surface area (Å²) in [4.78, 5) is 6.56. The Bertz CT molecular complexity index is 6040. The molecular formula is C94H85BN4. The van der Waals surface area contributed by atoms with Gasteiger partial charge in [-0.1, -0.05) is 271 Å². The minimum absolute atomic E-state index is 0.0628. The lowest BCUT2D eigenvalue weighted by Crippen LogP contribution is -2.61. The summed E-state index contributed by atoms with van der Waals surface area (Å²) in [6.45, 7) is 26.6. The van der Waals surface area contributed by atoms with Crippen LogP contribution in [0.3, 0.4) is 0 Å². The van der Waals surface area contributed by atoms with Crippen LogP contribution in [0.1, 0.15) is 123 Å². The van der Waals surface area contributed by atoms with Gasteiger partial charge in [-0.05, 0) is 208 Å². The molecule has 2 aliphatic rings. The first-order valence-electron chi connectivity index (χ1n) is 40.7. The standard InChI is InChI=1S/C94H85BN4/c1-91(2,3)69-42-50-85(80(58-69)64-33-21-15-22-34-64)99-87-61-76(96(73-35-23-16-24-36-73)74-43-45-75(46-44-74)97-83-39-27-25-37-78(83)79-38-26-28-40-84(79)97)47-49-82(87)95-81-48-41-65(68-52-70(92(4,5)6)57-71(53-68)93(7,8)9)56-86(81)98(88-59-72(94(10,11)12)60-89(99)90(88)95)77-54-66(62-29-17-13-18-30-62)51-67(55-77)63-31-19-14-20-32-63/h13-61H,1-12H3/i16D,23D,24D,25D,26D,27D,28D,35D,36D,37D,38D,39D,40D. The van der Waals surface area contributed by atoms with E-state index in [1.165, 1.54) is 15.7 Å². The fourth-order valence-corrected chi connectivity index (χ4v) is 14.5. The van der Waals surface area contributed by atoms with E-state index < -0.39 is 90.7 Å². The van der Waals surface area contributed by atoms with Gasteiger partial charge in [0.1, 0.15) is 0 Å². The Morgan fingerprint density at radius 2 is 0.778 bits per heavy atom. The lowest BCUT2D eigenvalue weighted by atomic mass is 9.33. The largest absolute Gasteiger partial charge is 0.311 e. The second kappa shape index (κ2) is 24.0. The van der Waals surface area contributed by atoms with E-state index in [4.69, 9.17) is 6.85 Å². The SMILES string of the molecule is [2H]c1c([2H])c([2H])c(N(c2ccc(-n3c4c([2H])c([2H])c([2H])c([2H])c4c4c([2H])c([2H])c([2H])c([2H])c43)cc2)c2ccc3c(c2)N(c2ccc(C(C)(C)C)cc2-c2ccccc2)c2cc(C(C)(C)C)cc4c2B3c2ccc(-c3cc(C(C)(C)C)cc(C(C)(C)C)c3)cc2N4c2cc(-c3ccccc3)cc(-c3ccccc3)c2)c([2H])c1[2H]. The highest BCUT2D eigenvalue weighted by Crippen LogP contribution is 2.52. The fourth-order valence-electron chi connectivity index (χ4n) is 14.5. The van der Waals surface area contributed by atoms with Crippen LogP contribution in [-0.2, 0) is 21.7 Å². The number of nitrogens with zero attached hydrogens (tertiary/aromatic N) is 4. The molecule has 99 heavy (non-hydrogen) atoms. The first-order chi connectivity index (χ1) is 53.0. The van der Waals surface area contributed by atoms with Crippen LogP contribution in [0.4, 0.5) is 51.2 Å². The topological polar surface area (TPSA) is 14.7 Å². The molecule has 0 bridgehead atoms. The predicted molar refractivity (Wildman–Crippen MR) is 426 cm³/mol. The second-order valence-corrected chi connectivity index (χ2v) is 30.6. The molecule has 16 rings (SSSR count). The van der Waals surface area contributed by atoms with Crippen molar-refractivity contribution in [3.63, 3.8) is 0 Å². The van der Waals surface area contributed by atoms with Gasteiger partial charge in [-0.2, -0.15) is 0 Å². The van der Waals surface area contributed by atoms with Crippen LogP contribution in [-0.4, -0.2) is 11.3 Å². The number of hydrogen-bond donors (Lipinski definition) is 0. The summed E-state index contributed by atoms with van der Waals surface area (Å²) in [5, 5.41) is -0.154. The molecule has 0 aliphatic carbocycles. The van der Waals surface area contributed by atoms with Gasteiger partial charge in [-0.15, -0.1) is 0 Å². The van der Waals surface area contributed by atoms with Gasteiger partial charge in [0.25, 0.3) is 6.71 Å². The normalized spacial score (nSPS) is 14.8. The maximum atomic E-state index is 9.87. The monoisotopic (exact) mass is 1290 g/mol. The van der Waals surface area contributed by atoms with Gasteiger partial charge in [-0.3, -0.25) is 0 Å². The molecule has 0 atom stereocenters. The molecule has 1 aromatic heterocycles. The Labute approximate surface area is 604 Å². The Kier molecular flexibility index (Phi) is 12.0. The fraction of sp³-hybridized carbons (Fsp3) is 0.170. The van der Waals surface area contributed by atoms with E-state index >= 15 is 0 Å². The van der Waals surface area contributed by atoms with E-state index in [0.29, 0.717) is 11.4 Å². The van der Waals surface area contributed by atoms with E-state index in [2.05, 4.69) is 275 Å². The summed E-state index contributed by atoms with van der Waals surface area (Å²) in [5.41, 5.74) is 21.1. The Balaban J connectivity index is 1.02. The van der Waals surface area contributed by atoms with Crippen molar-refractivity contribution in [1.29, 1.82) is 0 Å². The number of benzene rings is 13. The number of rotatable bonds is 10. The molecule has 0 saturated heterocycles. The van der Waals surface area contributed by atoms with Crippen LogP contribution in [0.25, 0.3) is 72.0 Å². The van der Waals surface area contributed by atoms with E-state index in [9.17, 15) is 11.0 Å². The van der Waals surface area contributed by atoms with E-state index in [0.717, 1.165) is 106 Å². The Morgan fingerprint density at radius 1 is 0.303 bits per heavy atom. The summed E-state index contributed by atoms with van der Waals surface area (Å²) < 4.78 is 121. The minimum Gasteiger partial charge on any atom is -0.311 e. The summed E-state index contributed by atoms with van der Waals surface area (Å²) in [6.07, 6.45) is 0. The highest BCUT2D eigenvalue weighted by Gasteiger charge is 2.45. The van der Waals surface area contributed by atoms with Crippen molar-refractivity contribution < 1.29 is 17.8 Å². The van der Waals surface area contributed by atoms with Crippen molar-refractivity contribution >= 4 is 96.1 Å². The van der Waals surface area contributed by atoms with Crippen LogP contribution in [0, 0.1) is 0 Å². The molecule has 0 unspecified atom stereocenters. The van der Waals surface area contributed by atoms with Gasteiger partial charge in [0, 0.05) is 67.5 Å². The summed E-state index contributed by atoms with van der Waals surface area (Å²) >= 11 is 0. The predicted octanol–water partition coefficient (Wildman–Crippen LogP) is 24.2. The molecule has 0 fully saturated rings. The van der Waals surface area contributed by atoms with Crippen LogP contribution in [0.2, 0.25) is 0 Å². The lowest BCUT2D eigenvalue weighted by Gasteiger charge is -2.46. The van der Waals surface area contributed by atoms with Crippen molar-refractivity contribution in [3.05, 3.63) is 319 Å². The average molecular weight is 1290 g/mol. The van der Waals surface area contributed by atoms with Gasteiger partial charge in [-0.25, -0.2) is 0 Å². The van der Waals surface area contributed by atoms with Crippen molar-refractivity contribution in [2.75, 3.05) is 14.7 Å². The van der Waals surface area contributed by atoms with E-state index in [-0.39, 0.29) is 49.4 Å². The maximum Gasteiger partial charge on any atom is 0.252 e. The molecule has 5 heteroatoms. The summed E-state index contributed by atoms with van der Waals surface area (Å²) in [7, 11) is 0. The molecule has 0 spiro atoms. The van der Waals surface area contributed by atoms with Crippen molar-refractivity contribution in [2.24, 2.45) is 0 Å². The summed E-state index contributed by atoms with van der Waals surface area (Å²) in [5.74, 6) is 0. The van der Waals surface area contributed by atoms with E-state index in [1.807, 2.05) is 12.1 Å². The van der Waals surface area contributed by atoms with Crippen LogP contribution >= 0.6 is 0 Å². The molecule has 0 radical (unpaired) electrons. The third kappa shape index (κ3) is 11.3. The molecule has 0 amide bonds. The molecule has 484 valence electrons. The molecule has 14 aromatic rings. The Morgan fingerprint density at radius 3 is 1.33 bits per heavy atom. The van der Waals surface area contributed by atoms with Gasteiger partial charge in [0.05, 0.1) is 34.5 Å². The lowest BCUT2D eigenvalue weighted by molar-refractivity contribution is 0.569. The zero-order valence-corrected chi connectivity index (χ0v) is 58.2. The number of para-hydroxylation sites is 3. The Hall–Kier alpha value is -10.9. The maximum absolute atomic E-state index is 9.87. The molecular weight excluding hydrogens is 1200 g/mol.